The van der Waals surface area contributed by atoms with E-state index in [1.54, 1.807) is 0 Å². The summed E-state index contributed by atoms with van der Waals surface area (Å²) in [5.74, 6) is -0.267. The van der Waals surface area contributed by atoms with Crippen LogP contribution < -0.4 is 0 Å². The van der Waals surface area contributed by atoms with Crippen LogP contribution in [-0.2, 0) is 11.8 Å². The van der Waals surface area contributed by atoms with Crippen LogP contribution in [0.2, 0.25) is 0 Å². The van der Waals surface area contributed by atoms with Gasteiger partial charge in [0.25, 0.3) is 0 Å². The third-order valence-corrected chi connectivity index (χ3v) is 4.93. The fraction of sp³-hybridized carbons (Fsp3) is 0.250. The molecule has 1 aromatic heterocycles. The third-order valence-electron chi connectivity index (χ3n) is 4.40. The first kappa shape index (κ1) is 16.8. The minimum atomic E-state index is -0.267. The van der Waals surface area contributed by atoms with Gasteiger partial charge in [0.05, 0.1) is 12.2 Å². The first-order chi connectivity index (χ1) is 11.4. The molecular weight excluding hydrogens is 366 g/mol. The Morgan fingerprint density at radius 2 is 1.83 bits per heavy atom. The number of aryl methyl sites for hydroxylation is 3. The standard InChI is InChI=1S/C20H20BrNO2/c1-5-24-20(23)18-12(2)10-17-16(11-13(3)22(17)4)19(18)14-6-8-15(21)9-7-14/h6-11H,5H2,1-4H3. The van der Waals surface area contributed by atoms with Crippen molar-refractivity contribution in [3.8, 4) is 11.1 Å². The molecule has 0 aliphatic carbocycles. The largest absolute Gasteiger partial charge is 0.462 e. The number of hydrogen-bond donors (Lipinski definition) is 0. The Hall–Kier alpha value is -2.07. The molecule has 4 heteroatoms. The Morgan fingerprint density at radius 1 is 1.17 bits per heavy atom. The van der Waals surface area contributed by atoms with Crippen LogP contribution in [0, 0.1) is 13.8 Å². The van der Waals surface area contributed by atoms with Crippen molar-refractivity contribution < 1.29 is 9.53 Å². The summed E-state index contributed by atoms with van der Waals surface area (Å²) in [6.45, 7) is 6.24. The summed E-state index contributed by atoms with van der Waals surface area (Å²) < 4.78 is 8.49. The lowest BCUT2D eigenvalue weighted by atomic mass is 9.92. The molecule has 124 valence electrons. The average molecular weight is 386 g/mol. The highest BCUT2D eigenvalue weighted by atomic mass is 79.9. The Bertz CT molecular complexity index is 923. The molecule has 3 nitrogen and oxygen atoms in total. The van der Waals surface area contributed by atoms with E-state index in [4.69, 9.17) is 4.74 Å². The number of hydrogen-bond acceptors (Lipinski definition) is 2. The molecule has 2 aromatic carbocycles. The highest BCUT2D eigenvalue weighted by molar-refractivity contribution is 9.10. The maximum absolute atomic E-state index is 12.6. The number of rotatable bonds is 3. The summed E-state index contributed by atoms with van der Waals surface area (Å²) in [5, 5.41) is 1.07. The van der Waals surface area contributed by atoms with E-state index < -0.39 is 0 Å². The maximum Gasteiger partial charge on any atom is 0.339 e. The smallest absolute Gasteiger partial charge is 0.339 e. The van der Waals surface area contributed by atoms with Crippen molar-refractivity contribution in [2.45, 2.75) is 20.8 Å². The summed E-state index contributed by atoms with van der Waals surface area (Å²) in [5.41, 5.74) is 5.82. The molecule has 0 amide bonds. The number of benzene rings is 2. The Kier molecular flexibility index (Phi) is 4.50. The van der Waals surface area contributed by atoms with Crippen LogP contribution in [0.25, 0.3) is 22.0 Å². The van der Waals surface area contributed by atoms with Crippen molar-refractivity contribution >= 4 is 32.8 Å². The number of carbonyl (C=O) groups excluding carboxylic acids is 1. The SMILES string of the molecule is CCOC(=O)c1c(C)cc2c(cc(C)n2C)c1-c1ccc(Br)cc1. The van der Waals surface area contributed by atoms with Crippen molar-refractivity contribution in [3.05, 3.63) is 57.7 Å². The van der Waals surface area contributed by atoms with Gasteiger partial charge in [0.1, 0.15) is 0 Å². The van der Waals surface area contributed by atoms with Gasteiger partial charge >= 0.3 is 5.97 Å². The fourth-order valence-corrected chi connectivity index (χ4v) is 3.38. The van der Waals surface area contributed by atoms with Gasteiger partial charge in [0, 0.05) is 33.7 Å². The zero-order valence-electron chi connectivity index (χ0n) is 14.3. The molecule has 0 unspecified atom stereocenters. The van der Waals surface area contributed by atoms with E-state index in [0.29, 0.717) is 12.2 Å². The first-order valence-electron chi connectivity index (χ1n) is 7.96. The first-order valence-corrected chi connectivity index (χ1v) is 8.76. The number of ether oxygens (including phenoxy) is 1. The molecule has 3 rings (SSSR count). The van der Waals surface area contributed by atoms with E-state index >= 15 is 0 Å². The number of esters is 1. The monoisotopic (exact) mass is 385 g/mol. The van der Waals surface area contributed by atoms with E-state index in [-0.39, 0.29) is 5.97 Å². The number of halogens is 1. The van der Waals surface area contributed by atoms with E-state index in [0.717, 1.165) is 37.8 Å². The van der Waals surface area contributed by atoms with Crippen LogP contribution >= 0.6 is 15.9 Å². The van der Waals surface area contributed by atoms with Gasteiger partial charge in [0.15, 0.2) is 0 Å². The summed E-state index contributed by atoms with van der Waals surface area (Å²) >= 11 is 3.47. The summed E-state index contributed by atoms with van der Waals surface area (Å²) in [4.78, 5) is 12.6. The molecule has 0 atom stereocenters. The second-order valence-electron chi connectivity index (χ2n) is 5.95. The predicted molar refractivity (Wildman–Crippen MR) is 101 cm³/mol. The van der Waals surface area contributed by atoms with Crippen molar-refractivity contribution in [2.75, 3.05) is 6.61 Å². The summed E-state index contributed by atoms with van der Waals surface area (Å²) in [6.07, 6.45) is 0. The van der Waals surface area contributed by atoms with Gasteiger partial charge in [-0.25, -0.2) is 4.79 Å². The van der Waals surface area contributed by atoms with Crippen molar-refractivity contribution in [1.29, 1.82) is 0 Å². The molecule has 0 aliphatic rings. The summed E-state index contributed by atoms with van der Waals surface area (Å²) in [7, 11) is 2.05. The zero-order chi connectivity index (χ0) is 17.4. The molecule has 0 saturated carbocycles. The molecule has 24 heavy (non-hydrogen) atoms. The topological polar surface area (TPSA) is 31.2 Å². The number of fused-ring (bicyclic) bond motifs is 1. The van der Waals surface area contributed by atoms with Gasteiger partial charge in [-0.05, 0) is 56.2 Å². The third kappa shape index (κ3) is 2.75. The number of aromatic nitrogens is 1. The van der Waals surface area contributed by atoms with Crippen LogP contribution in [0.4, 0.5) is 0 Å². The van der Waals surface area contributed by atoms with Crippen molar-refractivity contribution in [1.82, 2.24) is 4.57 Å². The molecule has 0 N–H and O–H groups in total. The lowest BCUT2D eigenvalue weighted by Gasteiger charge is -2.14. The Labute approximate surface area is 150 Å². The van der Waals surface area contributed by atoms with Crippen LogP contribution in [0.1, 0.15) is 28.5 Å². The van der Waals surface area contributed by atoms with E-state index in [1.165, 1.54) is 0 Å². The highest BCUT2D eigenvalue weighted by Crippen LogP contribution is 2.36. The van der Waals surface area contributed by atoms with Crippen LogP contribution in [-0.4, -0.2) is 17.1 Å². The van der Waals surface area contributed by atoms with E-state index in [2.05, 4.69) is 39.6 Å². The van der Waals surface area contributed by atoms with E-state index in [9.17, 15) is 4.79 Å². The maximum atomic E-state index is 12.6. The number of carbonyl (C=O) groups is 1. The van der Waals surface area contributed by atoms with Gasteiger partial charge in [-0.15, -0.1) is 0 Å². The Balaban J connectivity index is 2.40. The van der Waals surface area contributed by atoms with E-state index in [1.807, 2.05) is 45.2 Å². The van der Waals surface area contributed by atoms with Crippen molar-refractivity contribution in [2.24, 2.45) is 7.05 Å². The summed E-state index contributed by atoms with van der Waals surface area (Å²) in [6, 6.07) is 12.3. The average Bonchev–Trinajstić information content (AvgIpc) is 2.82. The molecule has 3 aromatic rings. The van der Waals surface area contributed by atoms with Gasteiger partial charge in [-0.2, -0.15) is 0 Å². The molecule has 0 saturated heterocycles. The fourth-order valence-electron chi connectivity index (χ4n) is 3.12. The van der Waals surface area contributed by atoms with Gasteiger partial charge in [0.2, 0.25) is 0 Å². The lowest BCUT2D eigenvalue weighted by molar-refractivity contribution is 0.0526. The molecule has 0 fully saturated rings. The molecule has 0 aliphatic heterocycles. The van der Waals surface area contributed by atoms with Crippen LogP contribution in [0.3, 0.4) is 0 Å². The molecule has 0 spiro atoms. The van der Waals surface area contributed by atoms with Gasteiger partial charge in [-0.3, -0.25) is 0 Å². The molecular formula is C20H20BrNO2. The van der Waals surface area contributed by atoms with Gasteiger partial charge in [-0.1, -0.05) is 28.1 Å². The minimum absolute atomic E-state index is 0.267. The number of nitrogens with zero attached hydrogens (tertiary/aromatic N) is 1. The highest BCUT2D eigenvalue weighted by Gasteiger charge is 2.22. The molecule has 1 heterocycles. The zero-order valence-corrected chi connectivity index (χ0v) is 15.9. The predicted octanol–water partition coefficient (Wildman–Crippen LogP) is 5.40. The van der Waals surface area contributed by atoms with Crippen LogP contribution in [0.5, 0.6) is 0 Å². The van der Waals surface area contributed by atoms with Gasteiger partial charge < -0.3 is 9.30 Å². The second-order valence-corrected chi connectivity index (χ2v) is 6.86. The molecule has 0 bridgehead atoms. The van der Waals surface area contributed by atoms with Crippen molar-refractivity contribution in [3.63, 3.8) is 0 Å². The Morgan fingerprint density at radius 3 is 2.46 bits per heavy atom. The normalized spacial score (nSPS) is 11.0. The lowest BCUT2D eigenvalue weighted by Crippen LogP contribution is -2.09. The minimum Gasteiger partial charge on any atom is -0.462 e. The molecule has 0 radical (unpaired) electrons. The second kappa shape index (κ2) is 6.44. The quantitative estimate of drug-likeness (QED) is 0.565. The van der Waals surface area contributed by atoms with Crippen LogP contribution in [0.15, 0.2) is 40.9 Å².